The molecule has 0 spiro atoms. The number of aromatic nitrogens is 1. The minimum atomic E-state index is -0.463. The summed E-state index contributed by atoms with van der Waals surface area (Å²) in [6, 6.07) is 3.91. The van der Waals surface area contributed by atoms with E-state index in [0.29, 0.717) is 5.92 Å². The second kappa shape index (κ2) is 6.16. The zero-order valence-corrected chi connectivity index (χ0v) is 10.9. The second-order valence-corrected chi connectivity index (χ2v) is 5.09. The highest BCUT2D eigenvalue weighted by Gasteiger charge is 2.20. The van der Waals surface area contributed by atoms with Crippen LogP contribution in [0.5, 0.6) is 0 Å². The van der Waals surface area contributed by atoms with Gasteiger partial charge < -0.3 is 15.1 Å². The highest BCUT2D eigenvalue weighted by molar-refractivity contribution is 5.40. The molecule has 1 aliphatic rings. The Balaban J connectivity index is 2.02. The van der Waals surface area contributed by atoms with Gasteiger partial charge in [0, 0.05) is 25.9 Å². The SMILES string of the molecule is CC(O)c1ccc(N2CCCC(CCO)C2)nc1. The Morgan fingerprint density at radius 3 is 2.94 bits per heavy atom. The Kier molecular flexibility index (Phi) is 4.55. The lowest BCUT2D eigenvalue weighted by Crippen LogP contribution is -2.36. The van der Waals surface area contributed by atoms with Crippen molar-refractivity contribution in [1.82, 2.24) is 4.98 Å². The second-order valence-electron chi connectivity index (χ2n) is 5.09. The van der Waals surface area contributed by atoms with Crippen molar-refractivity contribution in [3.63, 3.8) is 0 Å². The number of hydrogen-bond donors (Lipinski definition) is 2. The molecule has 2 unspecified atom stereocenters. The van der Waals surface area contributed by atoms with E-state index in [1.165, 1.54) is 6.42 Å². The molecular weight excluding hydrogens is 228 g/mol. The lowest BCUT2D eigenvalue weighted by molar-refractivity contribution is 0.199. The van der Waals surface area contributed by atoms with Gasteiger partial charge in [0.1, 0.15) is 5.82 Å². The Morgan fingerprint density at radius 1 is 1.50 bits per heavy atom. The van der Waals surface area contributed by atoms with Gasteiger partial charge >= 0.3 is 0 Å². The largest absolute Gasteiger partial charge is 0.396 e. The first-order valence-corrected chi connectivity index (χ1v) is 6.70. The van der Waals surface area contributed by atoms with Gasteiger partial charge in [-0.3, -0.25) is 0 Å². The lowest BCUT2D eigenvalue weighted by Gasteiger charge is -2.33. The third-order valence-electron chi connectivity index (χ3n) is 3.63. The molecule has 1 aromatic rings. The van der Waals surface area contributed by atoms with Crippen molar-refractivity contribution in [1.29, 1.82) is 0 Å². The van der Waals surface area contributed by atoms with Crippen molar-refractivity contribution < 1.29 is 10.2 Å². The normalized spacial score (nSPS) is 21.9. The van der Waals surface area contributed by atoms with Gasteiger partial charge in [0.25, 0.3) is 0 Å². The van der Waals surface area contributed by atoms with Crippen molar-refractivity contribution in [2.45, 2.75) is 32.3 Å². The fourth-order valence-corrected chi connectivity index (χ4v) is 2.52. The van der Waals surface area contributed by atoms with Crippen molar-refractivity contribution in [3.05, 3.63) is 23.9 Å². The van der Waals surface area contributed by atoms with E-state index >= 15 is 0 Å². The third kappa shape index (κ3) is 3.21. The van der Waals surface area contributed by atoms with Crippen molar-refractivity contribution in [3.8, 4) is 0 Å². The number of aliphatic hydroxyl groups is 2. The van der Waals surface area contributed by atoms with E-state index in [-0.39, 0.29) is 6.61 Å². The van der Waals surface area contributed by atoms with Gasteiger partial charge in [-0.25, -0.2) is 4.98 Å². The Bertz CT molecular complexity index is 363. The monoisotopic (exact) mass is 250 g/mol. The van der Waals surface area contributed by atoms with Gasteiger partial charge in [0.2, 0.25) is 0 Å². The summed E-state index contributed by atoms with van der Waals surface area (Å²) in [4.78, 5) is 6.70. The van der Waals surface area contributed by atoms with Crippen molar-refractivity contribution in [2.24, 2.45) is 5.92 Å². The zero-order valence-electron chi connectivity index (χ0n) is 10.9. The number of hydrogen-bond acceptors (Lipinski definition) is 4. The van der Waals surface area contributed by atoms with Crippen molar-refractivity contribution in [2.75, 3.05) is 24.6 Å². The van der Waals surface area contributed by atoms with Gasteiger partial charge in [-0.15, -0.1) is 0 Å². The molecule has 1 fully saturated rings. The van der Waals surface area contributed by atoms with Gasteiger partial charge in [0.15, 0.2) is 0 Å². The lowest BCUT2D eigenvalue weighted by atomic mass is 9.95. The van der Waals surface area contributed by atoms with E-state index in [4.69, 9.17) is 5.11 Å². The Morgan fingerprint density at radius 2 is 2.33 bits per heavy atom. The van der Waals surface area contributed by atoms with Gasteiger partial charge in [-0.1, -0.05) is 6.07 Å². The number of piperidine rings is 1. The predicted octanol–water partition coefficient (Wildman–Crippen LogP) is 1.73. The van der Waals surface area contributed by atoms with Crippen LogP contribution < -0.4 is 4.90 Å². The average Bonchev–Trinajstić information content (AvgIpc) is 2.39. The summed E-state index contributed by atoms with van der Waals surface area (Å²) < 4.78 is 0. The first-order valence-electron chi connectivity index (χ1n) is 6.70. The van der Waals surface area contributed by atoms with Gasteiger partial charge in [-0.2, -0.15) is 0 Å². The topological polar surface area (TPSA) is 56.6 Å². The summed E-state index contributed by atoms with van der Waals surface area (Å²) in [5.74, 6) is 1.55. The number of rotatable bonds is 4. The number of aliphatic hydroxyl groups excluding tert-OH is 2. The van der Waals surface area contributed by atoms with Crippen LogP contribution in [0.1, 0.15) is 37.9 Å². The number of anilines is 1. The maximum Gasteiger partial charge on any atom is 0.128 e. The fourth-order valence-electron chi connectivity index (χ4n) is 2.52. The summed E-state index contributed by atoms with van der Waals surface area (Å²) in [6.07, 6.45) is 4.51. The molecule has 100 valence electrons. The molecule has 4 heteroatoms. The summed E-state index contributed by atoms with van der Waals surface area (Å²) in [5.41, 5.74) is 0.850. The number of nitrogens with zero attached hydrogens (tertiary/aromatic N) is 2. The van der Waals surface area contributed by atoms with E-state index in [1.54, 1.807) is 13.1 Å². The molecule has 0 aromatic carbocycles. The molecule has 1 saturated heterocycles. The van der Waals surface area contributed by atoms with E-state index in [1.807, 2.05) is 12.1 Å². The van der Waals surface area contributed by atoms with Crippen molar-refractivity contribution >= 4 is 5.82 Å². The molecule has 2 rings (SSSR count). The van der Waals surface area contributed by atoms with Crippen LogP contribution >= 0.6 is 0 Å². The molecule has 18 heavy (non-hydrogen) atoms. The highest BCUT2D eigenvalue weighted by Crippen LogP contribution is 2.24. The molecule has 0 aliphatic carbocycles. The predicted molar refractivity (Wildman–Crippen MR) is 71.5 cm³/mol. The average molecular weight is 250 g/mol. The highest BCUT2D eigenvalue weighted by atomic mass is 16.3. The molecule has 2 heterocycles. The smallest absolute Gasteiger partial charge is 0.128 e. The zero-order chi connectivity index (χ0) is 13.0. The molecule has 4 nitrogen and oxygen atoms in total. The van der Waals surface area contributed by atoms with Crippen LogP contribution in [0.25, 0.3) is 0 Å². The third-order valence-corrected chi connectivity index (χ3v) is 3.63. The maximum atomic E-state index is 9.46. The first-order chi connectivity index (χ1) is 8.70. The minimum absolute atomic E-state index is 0.271. The Hall–Kier alpha value is -1.13. The Labute approximate surface area is 108 Å². The summed E-state index contributed by atoms with van der Waals surface area (Å²) in [7, 11) is 0. The molecule has 0 amide bonds. The van der Waals surface area contributed by atoms with E-state index in [0.717, 1.165) is 37.3 Å². The fraction of sp³-hybridized carbons (Fsp3) is 0.643. The maximum absolute atomic E-state index is 9.46. The number of pyridine rings is 1. The first kappa shape index (κ1) is 13.3. The van der Waals surface area contributed by atoms with E-state index in [2.05, 4.69) is 9.88 Å². The summed E-state index contributed by atoms with van der Waals surface area (Å²) >= 11 is 0. The molecule has 1 aliphatic heterocycles. The quantitative estimate of drug-likeness (QED) is 0.854. The van der Waals surface area contributed by atoms with Crippen LogP contribution in [-0.2, 0) is 0 Å². The molecule has 0 bridgehead atoms. The standard InChI is InChI=1S/C14H22N2O2/c1-11(18)13-4-5-14(15-9-13)16-7-2-3-12(10-16)6-8-17/h4-5,9,11-12,17-18H,2-3,6-8,10H2,1H3. The summed E-state index contributed by atoms with van der Waals surface area (Å²) in [5, 5.41) is 18.5. The molecule has 2 N–H and O–H groups in total. The molecule has 1 aromatic heterocycles. The van der Waals surface area contributed by atoms with Crippen LogP contribution in [0.4, 0.5) is 5.82 Å². The van der Waals surface area contributed by atoms with E-state index in [9.17, 15) is 5.11 Å². The minimum Gasteiger partial charge on any atom is -0.396 e. The molecular formula is C14H22N2O2. The molecule has 0 radical (unpaired) electrons. The van der Waals surface area contributed by atoms with Crippen LogP contribution in [0, 0.1) is 5.92 Å². The van der Waals surface area contributed by atoms with E-state index < -0.39 is 6.10 Å². The molecule has 0 saturated carbocycles. The van der Waals surface area contributed by atoms with Crippen LogP contribution in [0.15, 0.2) is 18.3 Å². The van der Waals surface area contributed by atoms with Gasteiger partial charge in [-0.05, 0) is 43.7 Å². The van der Waals surface area contributed by atoms with Crippen LogP contribution in [0.2, 0.25) is 0 Å². The summed E-state index contributed by atoms with van der Waals surface area (Å²) in [6.45, 7) is 4.02. The van der Waals surface area contributed by atoms with Gasteiger partial charge in [0.05, 0.1) is 6.10 Å². The molecule has 2 atom stereocenters. The van der Waals surface area contributed by atoms with Crippen LogP contribution in [0.3, 0.4) is 0 Å². The van der Waals surface area contributed by atoms with Crippen LogP contribution in [-0.4, -0.2) is 34.9 Å².